The van der Waals surface area contributed by atoms with Gasteiger partial charge in [0.05, 0.1) is 5.22 Å². The molecule has 2 atom stereocenters. The molecule has 0 N–H and O–H groups in total. The van der Waals surface area contributed by atoms with Crippen molar-refractivity contribution in [3.8, 4) is 0 Å². The number of hydrogen-bond acceptors (Lipinski definition) is 1. The first-order chi connectivity index (χ1) is 3.69. The number of ether oxygens (including phenoxy) is 1. The molecule has 1 fully saturated rings. The van der Waals surface area contributed by atoms with Crippen LogP contribution >= 0.6 is 0 Å². The van der Waals surface area contributed by atoms with E-state index in [4.69, 9.17) is 4.74 Å². The van der Waals surface area contributed by atoms with Crippen LogP contribution in [0.4, 0.5) is 0 Å². The summed E-state index contributed by atoms with van der Waals surface area (Å²) < 4.78 is 5.51. The van der Waals surface area contributed by atoms with E-state index in [-0.39, 0.29) is 0 Å². The van der Waals surface area contributed by atoms with Crippen LogP contribution in [0.3, 0.4) is 0 Å². The van der Waals surface area contributed by atoms with E-state index >= 15 is 0 Å². The Labute approximate surface area is 53.8 Å². The van der Waals surface area contributed by atoms with Crippen LogP contribution in [0.25, 0.3) is 0 Å². The zero-order valence-corrected chi connectivity index (χ0v) is 7.90. The summed E-state index contributed by atoms with van der Waals surface area (Å²) in [5.74, 6) is 0.856. The fourth-order valence-electron chi connectivity index (χ4n) is 1.08. The molecule has 1 saturated carbocycles. The third kappa shape index (κ3) is 0.953. The third-order valence-electron chi connectivity index (χ3n) is 2.07. The predicted octanol–water partition coefficient (Wildman–Crippen LogP) is 0.124. The normalized spacial score (nSPS) is 45.0. The molecule has 2 unspecified atom stereocenters. The average molecular weight is 130 g/mol. The van der Waals surface area contributed by atoms with Crippen molar-refractivity contribution in [3.05, 3.63) is 0 Å². The molecule has 0 saturated heterocycles. The minimum atomic E-state index is 0.398. The second-order valence-corrected chi connectivity index (χ2v) is 4.54. The van der Waals surface area contributed by atoms with Gasteiger partial charge in [-0.3, -0.25) is 0 Å². The van der Waals surface area contributed by atoms with Gasteiger partial charge < -0.3 is 4.74 Å². The Kier molecular flexibility index (Phi) is 1.45. The van der Waals surface area contributed by atoms with E-state index < -0.39 is 0 Å². The molecule has 2 heteroatoms. The van der Waals surface area contributed by atoms with Gasteiger partial charge in [0, 0.05) is 16.8 Å². The standard InChI is InChI=1S/C6H14OSi/c1-3-7-6(8)4-5(6)2/h5H,3-4H2,1-2,8H3. The van der Waals surface area contributed by atoms with Gasteiger partial charge in [-0.1, -0.05) is 6.92 Å². The van der Waals surface area contributed by atoms with E-state index in [0.29, 0.717) is 5.22 Å². The van der Waals surface area contributed by atoms with E-state index in [0.717, 1.165) is 12.5 Å². The Hall–Kier alpha value is 0.177. The van der Waals surface area contributed by atoms with Crippen LogP contribution < -0.4 is 0 Å². The quantitative estimate of drug-likeness (QED) is 0.483. The smallest absolute Gasteiger partial charge is 0.0514 e. The number of rotatable bonds is 2. The first-order valence-electron chi connectivity index (χ1n) is 3.33. The summed E-state index contributed by atoms with van der Waals surface area (Å²) in [6.45, 7) is 5.24. The summed E-state index contributed by atoms with van der Waals surface area (Å²) in [5.41, 5.74) is 0. The van der Waals surface area contributed by atoms with Gasteiger partial charge in [-0.25, -0.2) is 0 Å². The molecule has 0 aromatic carbocycles. The highest BCUT2D eigenvalue weighted by Gasteiger charge is 2.47. The minimum Gasteiger partial charge on any atom is -0.380 e. The van der Waals surface area contributed by atoms with E-state index in [2.05, 4.69) is 13.8 Å². The zero-order chi connectivity index (χ0) is 6.20. The minimum absolute atomic E-state index is 0.398. The number of hydrogen-bond donors (Lipinski definition) is 0. The first kappa shape index (κ1) is 6.30. The van der Waals surface area contributed by atoms with E-state index in [9.17, 15) is 0 Å². The molecule has 0 heterocycles. The molecule has 1 nitrogen and oxygen atoms in total. The summed E-state index contributed by atoms with van der Waals surface area (Å²) >= 11 is 0. The maximum absolute atomic E-state index is 5.51. The van der Waals surface area contributed by atoms with Crippen molar-refractivity contribution in [1.82, 2.24) is 0 Å². The lowest BCUT2D eigenvalue weighted by Crippen LogP contribution is -2.15. The van der Waals surface area contributed by atoms with Gasteiger partial charge in [-0.15, -0.1) is 0 Å². The second-order valence-electron chi connectivity index (χ2n) is 2.85. The molecule has 1 rings (SSSR count). The highest BCUT2D eigenvalue weighted by molar-refractivity contribution is 6.16. The van der Waals surface area contributed by atoms with Crippen molar-refractivity contribution in [2.75, 3.05) is 6.61 Å². The van der Waals surface area contributed by atoms with Gasteiger partial charge >= 0.3 is 0 Å². The predicted molar refractivity (Wildman–Crippen MR) is 38.1 cm³/mol. The van der Waals surface area contributed by atoms with Crippen molar-refractivity contribution in [3.63, 3.8) is 0 Å². The van der Waals surface area contributed by atoms with Crippen LogP contribution in [0.2, 0.25) is 0 Å². The Morgan fingerprint density at radius 2 is 2.38 bits per heavy atom. The maximum atomic E-state index is 5.51. The molecular weight excluding hydrogens is 116 g/mol. The monoisotopic (exact) mass is 130 g/mol. The molecule has 0 aromatic rings. The maximum Gasteiger partial charge on any atom is 0.0514 e. The molecule has 8 heavy (non-hydrogen) atoms. The molecule has 0 aromatic heterocycles. The molecular formula is C6H14OSi. The SMILES string of the molecule is CCOC1([SiH3])CC1C. The Bertz CT molecular complexity index is 94.5. The van der Waals surface area contributed by atoms with Crippen molar-refractivity contribution >= 4 is 10.2 Å². The second kappa shape index (κ2) is 1.85. The fraction of sp³-hybridized carbons (Fsp3) is 1.00. The van der Waals surface area contributed by atoms with Crippen molar-refractivity contribution < 1.29 is 4.74 Å². The van der Waals surface area contributed by atoms with Crippen LogP contribution in [-0.4, -0.2) is 22.1 Å². The zero-order valence-electron chi connectivity index (χ0n) is 5.90. The van der Waals surface area contributed by atoms with E-state index in [1.807, 2.05) is 0 Å². The summed E-state index contributed by atoms with van der Waals surface area (Å²) in [4.78, 5) is 0. The van der Waals surface area contributed by atoms with Gasteiger partial charge in [-0.2, -0.15) is 0 Å². The van der Waals surface area contributed by atoms with Crippen molar-refractivity contribution in [1.29, 1.82) is 0 Å². The average Bonchev–Trinajstić information content (AvgIpc) is 2.16. The van der Waals surface area contributed by atoms with Gasteiger partial charge in [-0.05, 0) is 19.3 Å². The molecule has 1 aliphatic carbocycles. The lowest BCUT2D eigenvalue weighted by molar-refractivity contribution is 0.0920. The van der Waals surface area contributed by atoms with Gasteiger partial charge in [0.15, 0.2) is 0 Å². The highest BCUT2D eigenvalue weighted by Crippen LogP contribution is 2.43. The fourth-order valence-corrected chi connectivity index (χ4v) is 1.98. The molecule has 0 aliphatic heterocycles. The van der Waals surface area contributed by atoms with Gasteiger partial charge in [0.1, 0.15) is 0 Å². The molecule has 0 bridgehead atoms. The lowest BCUT2D eigenvalue weighted by Gasteiger charge is -2.07. The van der Waals surface area contributed by atoms with Gasteiger partial charge in [0.25, 0.3) is 0 Å². The Morgan fingerprint density at radius 3 is 2.50 bits per heavy atom. The molecule has 48 valence electrons. The largest absolute Gasteiger partial charge is 0.380 e. The molecule has 0 radical (unpaired) electrons. The lowest BCUT2D eigenvalue weighted by atomic mass is 10.5. The Morgan fingerprint density at radius 1 is 1.88 bits per heavy atom. The van der Waals surface area contributed by atoms with E-state index in [1.54, 1.807) is 0 Å². The summed E-state index contributed by atoms with van der Waals surface area (Å²) in [5, 5.41) is 0.398. The summed E-state index contributed by atoms with van der Waals surface area (Å²) in [6.07, 6.45) is 1.31. The molecule has 0 amide bonds. The van der Waals surface area contributed by atoms with Crippen LogP contribution in [0, 0.1) is 5.92 Å². The Balaban J connectivity index is 2.25. The topological polar surface area (TPSA) is 9.23 Å². The van der Waals surface area contributed by atoms with Crippen molar-refractivity contribution in [2.24, 2.45) is 5.92 Å². The van der Waals surface area contributed by atoms with Crippen LogP contribution in [-0.2, 0) is 4.74 Å². The first-order valence-corrected chi connectivity index (χ1v) is 4.33. The van der Waals surface area contributed by atoms with Crippen LogP contribution in [0.15, 0.2) is 0 Å². The molecule has 0 spiro atoms. The van der Waals surface area contributed by atoms with Crippen LogP contribution in [0.1, 0.15) is 20.3 Å². The third-order valence-corrected chi connectivity index (χ3v) is 3.75. The van der Waals surface area contributed by atoms with Crippen molar-refractivity contribution in [2.45, 2.75) is 25.5 Å². The van der Waals surface area contributed by atoms with Gasteiger partial charge in [0.2, 0.25) is 0 Å². The summed E-state index contributed by atoms with van der Waals surface area (Å²) in [7, 11) is 1.21. The highest BCUT2D eigenvalue weighted by atomic mass is 28.1. The van der Waals surface area contributed by atoms with Crippen LogP contribution in [0.5, 0.6) is 0 Å². The molecule has 1 aliphatic rings. The summed E-state index contributed by atoms with van der Waals surface area (Å²) in [6, 6.07) is 0. The van der Waals surface area contributed by atoms with E-state index in [1.165, 1.54) is 16.7 Å².